The molecular formula is C33H40N2O. The molecule has 1 aliphatic carbocycles. The molecule has 0 radical (unpaired) electrons. The summed E-state index contributed by atoms with van der Waals surface area (Å²) < 4.78 is 0. The molecule has 188 valence electrons. The largest absolute Gasteiger partial charge is 0.345 e. The third-order valence-corrected chi connectivity index (χ3v) is 8.19. The Morgan fingerprint density at radius 1 is 0.889 bits per heavy atom. The fraction of sp³-hybridized carbons (Fsp3) is 0.424. The van der Waals surface area contributed by atoms with Gasteiger partial charge in [0.2, 0.25) is 0 Å². The number of rotatable bonds is 8. The molecule has 1 fully saturated rings. The topological polar surface area (TPSA) is 32.3 Å². The van der Waals surface area contributed by atoms with E-state index in [9.17, 15) is 4.79 Å². The van der Waals surface area contributed by atoms with Gasteiger partial charge in [-0.3, -0.25) is 9.69 Å². The minimum absolute atomic E-state index is 0.0212. The number of amides is 1. The quantitative estimate of drug-likeness (QED) is 0.380. The van der Waals surface area contributed by atoms with Gasteiger partial charge >= 0.3 is 0 Å². The highest BCUT2D eigenvalue weighted by molar-refractivity contribution is 5.94. The Balaban J connectivity index is 1.12. The van der Waals surface area contributed by atoms with Gasteiger partial charge < -0.3 is 5.32 Å². The van der Waals surface area contributed by atoms with Gasteiger partial charge in [-0.25, -0.2) is 0 Å². The van der Waals surface area contributed by atoms with Crippen molar-refractivity contribution in [3.05, 3.63) is 106 Å². The van der Waals surface area contributed by atoms with Gasteiger partial charge in [0.1, 0.15) is 0 Å². The number of fused-ring (bicyclic) bond motifs is 1. The minimum atomic E-state index is 0.0212. The summed E-state index contributed by atoms with van der Waals surface area (Å²) >= 11 is 0. The van der Waals surface area contributed by atoms with E-state index in [1.165, 1.54) is 72.8 Å². The van der Waals surface area contributed by atoms with Crippen LogP contribution in [-0.4, -0.2) is 23.9 Å². The number of nitrogens with one attached hydrogen (secondary N) is 1. The van der Waals surface area contributed by atoms with E-state index in [1.807, 2.05) is 12.1 Å². The molecule has 3 heteroatoms. The van der Waals surface area contributed by atoms with Gasteiger partial charge in [0.05, 0.1) is 6.04 Å². The lowest BCUT2D eigenvalue weighted by Gasteiger charge is -2.32. The van der Waals surface area contributed by atoms with Crippen LogP contribution in [0.4, 0.5) is 0 Å². The third-order valence-electron chi connectivity index (χ3n) is 8.19. The average molecular weight is 481 g/mol. The number of carbonyl (C=O) groups excluding carboxylic acids is 1. The van der Waals surface area contributed by atoms with Crippen LogP contribution in [0.5, 0.6) is 0 Å². The number of hydrogen-bond donors (Lipinski definition) is 1. The highest BCUT2D eigenvalue weighted by Gasteiger charge is 2.20. The first-order chi connectivity index (χ1) is 17.7. The molecule has 1 atom stereocenters. The summed E-state index contributed by atoms with van der Waals surface area (Å²) in [7, 11) is 0. The van der Waals surface area contributed by atoms with Crippen molar-refractivity contribution in [1.82, 2.24) is 10.2 Å². The van der Waals surface area contributed by atoms with Crippen molar-refractivity contribution in [2.24, 2.45) is 5.92 Å². The molecular weight excluding hydrogens is 440 g/mol. The smallest absolute Gasteiger partial charge is 0.251 e. The summed E-state index contributed by atoms with van der Waals surface area (Å²) in [5.74, 6) is 0.809. The molecule has 5 rings (SSSR count). The highest BCUT2D eigenvalue weighted by Crippen LogP contribution is 2.27. The summed E-state index contributed by atoms with van der Waals surface area (Å²) in [6.07, 6.45) is 9.54. The summed E-state index contributed by atoms with van der Waals surface area (Å²) in [5.41, 5.74) is 7.69. The van der Waals surface area contributed by atoms with Crippen molar-refractivity contribution >= 4 is 5.91 Å². The van der Waals surface area contributed by atoms with E-state index in [0.717, 1.165) is 37.5 Å². The lowest BCUT2D eigenvalue weighted by atomic mass is 9.88. The Morgan fingerprint density at radius 3 is 2.33 bits per heavy atom. The fourth-order valence-electron chi connectivity index (χ4n) is 5.95. The standard InChI is InChI=1S/C33H40N2O/c1-2-32(31-17-16-28-10-6-7-11-30(28)23-31)34-33(36)29-14-12-27(13-15-29)24-35-20-18-26(19-21-35)22-25-8-4-3-5-9-25/h3-5,8-9,12-17,23,26,32H,2,6-7,10-11,18-22,24H2,1H3,(H,34,36)/t32-/m0/s1. The van der Waals surface area contributed by atoms with E-state index in [-0.39, 0.29) is 11.9 Å². The second-order valence-corrected chi connectivity index (χ2v) is 10.8. The predicted molar refractivity (Wildman–Crippen MR) is 148 cm³/mol. The van der Waals surface area contributed by atoms with E-state index >= 15 is 0 Å². The van der Waals surface area contributed by atoms with E-state index in [0.29, 0.717) is 0 Å². The minimum Gasteiger partial charge on any atom is -0.345 e. The molecule has 1 N–H and O–H groups in total. The fourth-order valence-corrected chi connectivity index (χ4v) is 5.95. The predicted octanol–water partition coefficient (Wildman–Crippen LogP) is 6.90. The zero-order valence-corrected chi connectivity index (χ0v) is 21.7. The number of hydrogen-bond acceptors (Lipinski definition) is 2. The van der Waals surface area contributed by atoms with Crippen LogP contribution in [0.1, 0.15) is 83.2 Å². The first-order valence-corrected chi connectivity index (χ1v) is 14.0. The van der Waals surface area contributed by atoms with Gasteiger partial charge in [0, 0.05) is 12.1 Å². The van der Waals surface area contributed by atoms with Crippen LogP contribution in [-0.2, 0) is 25.8 Å². The second-order valence-electron chi connectivity index (χ2n) is 10.8. The van der Waals surface area contributed by atoms with Crippen LogP contribution < -0.4 is 5.32 Å². The zero-order chi connectivity index (χ0) is 24.7. The van der Waals surface area contributed by atoms with Crippen molar-refractivity contribution in [3.63, 3.8) is 0 Å². The molecule has 2 aliphatic rings. The first kappa shape index (κ1) is 24.8. The maximum Gasteiger partial charge on any atom is 0.251 e. The first-order valence-electron chi connectivity index (χ1n) is 14.0. The monoisotopic (exact) mass is 480 g/mol. The van der Waals surface area contributed by atoms with Gasteiger partial charge in [-0.15, -0.1) is 0 Å². The molecule has 1 amide bonds. The molecule has 0 saturated carbocycles. The third kappa shape index (κ3) is 6.25. The van der Waals surface area contributed by atoms with Crippen molar-refractivity contribution in [2.75, 3.05) is 13.1 Å². The Labute approximate surface area is 216 Å². The number of benzene rings is 3. The highest BCUT2D eigenvalue weighted by atomic mass is 16.1. The van der Waals surface area contributed by atoms with Gasteiger partial charge in [0.15, 0.2) is 0 Å². The van der Waals surface area contributed by atoms with E-state index in [4.69, 9.17) is 0 Å². The molecule has 3 nitrogen and oxygen atoms in total. The average Bonchev–Trinajstić information content (AvgIpc) is 2.93. The lowest BCUT2D eigenvalue weighted by molar-refractivity contribution is 0.0935. The van der Waals surface area contributed by atoms with E-state index in [2.05, 4.69) is 77.8 Å². The Hall–Kier alpha value is -2.91. The SMILES string of the molecule is CC[C@H](NC(=O)c1ccc(CN2CCC(Cc3ccccc3)CC2)cc1)c1ccc2c(c1)CCCC2. The van der Waals surface area contributed by atoms with Gasteiger partial charge in [-0.1, -0.05) is 67.6 Å². The molecule has 3 aromatic rings. The van der Waals surface area contributed by atoms with Crippen molar-refractivity contribution < 1.29 is 4.79 Å². The van der Waals surface area contributed by atoms with Crippen LogP contribution in [0.15, 0.2) is 72.8 Å². The molecule has 1 heterocycles. The van der Waals surface area contributed by atoms with Crippen LogP contribution in [0.2, 0.25) is 0 Å². The van der Waals surface area contributed by atoms with Crippen LogP contribution in [0.3, 0.4) is 0 Å². The lowest BCUT2D eigenvalue weighted by Crippen LogP contribution is -2.33. The molecule has 1 saturated heterocycles. The number of aryl methyl sites for hydroxylation is 2. The normalized spacial score (nSPS) is 17.4. The Kier molecular flexibility index (Phi) is 8.18. The Bertz CT molecular complexity index is 1130. The number of nitrogens with zero attached hydrogens (tertiary/aromatic N) is 1. The Morgan fingerprint density at radius 2 is 1.61 bits per heavy atom. The molecule has 1 aliphatic heterocycles. The summed E-state index contributed by atoms with van der Waals surface area (Å²) in [6.45, 7) is 5.42. The van der Waals surface area contributed by atoms with Gasteiger partial charge in [-0.05, 0) is 110 Å². The molecule has 36 heavy (non-hydrogen) atoms. The van der Waals surface area contributed by atoms with Crippen molar-refractivity contribution in [3.8, 4) is 0 Å². The molecule has 3 aromatic carbocycles. The van der Waals surface area contributed by atoms with Crippen molar-refractivity contribution in [2.45, 2.75) is 70.9 Å². The second kappa shape index (κ2) is 11.9. The van der Waals surface area contributed by atoms with Gasteiger partial charge in [0.25, 0.3) is 5.91 Å². The maximum absolute atomic E-state index is 13.0. The zero-order valence-electron chi connectivity index (χ0n) is 21.7. The summed E-state index contributed by atoms with van der Waals surface area (Å²) in [6, 6.07) is 26.0. The number of piperidine rings is 1. The number of carbonyl (C=O) groups is 1. The molecule has 0 aromatic heterocycles. The maximum atomic E-state index is 13.0. The van der Waals surface area contributed by atoms with E-state index < -0.39 is 0 Å². The van der Waals surface area contributed by atoms with Crippen LogP contribution >= 0.6 is 0 Å². The van der Waals surface area contributed by atoms with Crippen molar-refractivity contribution in [1.29, 1.82) is 0 Å². The summed E-state index contributed by atoms with van der Waals surface area (Å²) in [5, 5.41) is 3.28. The molecule has 0 bridgehead atoms. The van der Waals surface area contributed by atoms with Gasteiger partial charge in [-0.2, -0.15) is 0 Å². The number of likely N-dealkylation sites (tertiary alicyclic amines) is 1. The van der Waals surface area contributed by atoms with Crippen LogP contribution in [0, 0.1) is 5.92 Å². The molecule has 0 unspecified atom stereocenters. The molecule has 0 spiro atoms. The van der Waals surface area contributed by atoms with E-state index in [1.54, 1.807) is 0 Å². The van der Waals surface area contributed by atoms with Crippen LogP contribution in [0.25, 0.3) is 0 Å². The summed E-state index contributed by atoms with van der Waals surface area (Å²) in [4.78, 5) is 15.6.